The van der Waals surface area contributed by atoms with E-state index >= 15 is 0 Å². The molecule has 0 saturated carbocycles. The summed E-state index contributed by atoms with van der Waals surface area (Å²) in [6.45, 7) is 2.97. The van der Waals surface area contributed by atoms with Crippen molar-refractivity contribution < 1.29 is 19.5 Å². The number of carboxylic acid groups (broad SMARTS) is 1. The van der Waals surface area contributed by atoms with Crippen molar-refractivity contribution in [2.24, 2.45) is 5.73 Å². The first-order valence-electron chi connectivity index (χ1n) is 6.12. The van der Waals surface area contributed by atoms with Crippen LogP contribution in [-0.4, -0.2) is 47.0 Å². The molecule has 7 heteroatoms. The molecule has 1 atom stereocenters. The lowest BCUT2D eigenvalue weighted by molar-refractivity contribution is -0.139. The predicted molar refractivity (Wildman–Crippen MR) is 68.3 cm³/mol. The lowest BCUT2D eigenvalue weighted by atomic mass is 10.1. The first-order valence-corrected chi connectivity index (χ1v) is 6.12. The van der Waals surface area contributed by atoms with Crippen LogP contribution in [0.5, 0.6) is 0 Å². The maximum atomic E-state index is 11.9. The lowest BCUT2D eigenvalue weighted by Gasteiger charge is -2.27. The number of rotatable bonds is 5. The second-order valence-electron chi connectivity index (χ2n) is 4.61. The number of carbonyl (C=O) groups is 3. The number of hydrogen-bond donors (Lipinski definition) is 3. The van der Waals surface area contributed by atoms with Gasteiger partial charge in [-0.05, 0) is 19.8 Å². The number of carboxylic acids is 1. The van der Waals surface area contributed by atoms with Crippen LogP contribution in [0.15, 0.2) is 11.6 Å². The minimum Gasteiger partial charge on any atom is -0.480 e. The summed E-state index contributed by atoms with van der Waals surface area (Å²) in [5.74, 6) is -1.75. The molecular weight excluding hydrogens is 250 g/mol. The van der Waals surface area contributed by atoms with Crippen LogP contribution in [-0.2, 0) is 9.59 Å². The van der Waals surface area contributed by atoms with Gasteiger partial charge in [-0.3, -0.25) is 4.79 Å². The van der Waals surface area contributed by atoms with Crippen molar-refractivity contribution in [3.05, 3.63) is 11.6 Å². The average Bonchev–Trinajstić information content (AvgIpc) is 2.33. The molecule has 0 fully saturated rings. The zero-order chi connectivity index (χ0) is 14.4. The van der Waals surface area contributed by atoms with E-state index in [0.717, 1.165) is 12.0 Å². The Morgan fingerprint density at radius 1 is 1.53 bits per heavy atom. The van der Waals surface area contributed by atoms with Gasteiger partial charge < -0.3 is 21.1 Å². The van der Waals surface area contributed by atoms with Gasteiger partial charge in [-0.15, -0.1) is 0 Å². The Bertz CT molecular complexity index is 406. The Balaban J connectivity index is 2.53. The molecule has 0 aromatic rings. The molecule has 0 aromatic heterocycles. The Morgan fingerprint density at radius 2 is 2.21 bits per heavy atom. The summed E-state index contributed by atoms with van der Waals surface area (Å²) < 4.78 is 0. The van der Waals surface area contributed by atoms with Crippen LogP contribution in [0.2, 0.25) is 0 Å². The monoisotopic (exact) mass is 269 g/mol. The van der Waals surface area contributed by atoms with Gasteiger partial charge in [0, 0.05) is 19.5 Å². The lowest BCUT2D eigenvalue weighted by Crippen LogP contribution is -2.49. The highest BCUT2D eigenvalue weighted by molar-refractivity contribution is 5.83. The van der Waals surface area contributed by atoms with E-state index < -0.39 is 23.9 Å². The normalized spacial score (nSPS) is 16.5. The van der Waals surface area contributed by atoms with Crippen LogP contribution in [0, 0.1) is 0 Å². The number of hydrogen-bond acceptors (Lipinski definition) is 3. The van der Waals surface area contributed by atoms with E-state index in [-0.39, 0.29) is 12.8 Å². The Morgan fingerprint density at radius 3 is 2.74 bits per heavy atom. The van der Waals surface area contributed by atoms with Crippen LogP contribution in [0.25, 0.3) is 0 Å². The summed E-state index contributed by atoms with van der Waals surface area (Å²) in [5, 5.41) is 11.4. The van der Waals surface area contributed by atoms with Gasteiger partial charge in [0.25, 0.3) is 0 Å². The Kier molecular flexibility index (Phi) is 5.35. The fraction of sp³-hybridized carbons (Fsp3) is 0.583. The molecule has 0 radical (unpaired) electrons. The maximum absolute atomic E-state index is 11.9. The number of nitrogens with two attached hydrogens (primary N) is 1. The van der Waals surface area contributed by atoms with Gasteiger partial charge in [-0.2, -0.15) is 0 Å². The quantitative estimate of drug-likeness (QED) is 0.613. The Labute approximate surface area is 111 Å². The number of nitrogens with zero attached hydrogens (tertiary/aromatic N) is 1. The topological polar surface area (TPSA) is 113 Å². The van der Waals surface area contributed by atoms with Gasteiger partial charge in [0.15, 0.2) is 0 Å². The molecule has 4 N–H and O–H groups in total. The summed E-state index contributed by atoms with van der Waals surface area (Å²) in [4.78, 5) is 35.1. The summed E-state index contributed by atoms with van der Waals surface area (Å²) in [7, 11) is 0. The molecule has 1 rings (SSSR count). The van der Waals surface area contributed by atoms with E-state index in [2.05, 4.69) is 5.32 Å². The van der Waals surface area contributed by atoms with Crippen LogP contribution in [0.3, 0.4) is 0 Å². The molecule has 0 aliphatic carbocycles. The van der Waals surface area contributed by atoms with Crippen molar-refractivity contribution in [3.8, 4) is 0 Å². The number of nitrogens with one attached hydrogen (secondary N) is 1. The molecule has 0 bridgehead atoms. The largest absolute Gasteiger partial charge is 0.480 e. The van der Waals surface area contributed by atoms with Gasteiger partial charge in [0.1, 0.15) is 6.04 Å². The molecule has 0 spiro atoms. The van der Waals surface area contributed by atoms with Crippen molar-refractivity contribution in [2.45, 2.75) is 32.2 Å². The molecule has 3 amide bonds. The van der Waals surface area contributed by atoms with Gasteiger partial charge in [0.05, 0.1) is 0 Å². The standard InChI is InChI=1S/C12H19N3O4/c1-8-3-2-6-15(7-8)12(19)14-9(11(17)18)4-5-10(13)16/h3,9H,2,4-7H2,1H3,(H2,13,16)(H,14,19)(H,17,18)/t9-/m1/s1. The molecule has 1 aliphatic rings. The van der Waals surface area contributed by atoms with Crippen LogP contribution in [0.4, 0.5) is 4.79 Å². The fourth-order valence-corrected chi connectivity index (χ4v) is 1.87. The van der Waals surface area contributed by atoms with E-state index in [1.54, 1.807) is 4.90 Å². The molecule has 1 heterocycles. The van der Waals surface area contributed by atoms with Gasteiger partial charge in [0.2, 0.25) is 5.91 Å². The highest BCUT2D eigenvalue weighted by Gasteiger charge is 2.24. The summed E-state index contributed by atoms with van der Waals surface area (Å²) in [6, 6.07) is -1.52. The SMILES string of the molecule is CC1=CCCN(C(=O)N[C@H](CCC(N)=O)C(=O)O)C1. The zero-order valence-corrected chi connectivity index (χ0v) is 10.9. The van der Waals surface area contributed by atoms with Crippen molar-refractivity contribution in [1.29, 1.82) is 0 Å². The third kappa shape index (κ3) is 4.99. The summed E-state index contributed by atoms with van der Waals surface area (Å²) in [6.07, 6.45) is 2.74. The Hall–Kier alpha value is -2.05. The molecule has 0 saturated heterocycles. The molecule has 1 aliphatic heterocycles. The zero-order valence-electron chi connectivity index (χ0n) is 10.9. The van der Waals surface area contributed by atoms with E-state index in [9.17, 15) is 14.4 Å². The van der Waals surface area contributed by atoms with Crippen molar-refractivity contribution in [1.82, 2.24) is 10.2 Å². The first kappa shape index (κ1) is 15.0. The van der Waals surface area contributed by atoms with E-state index in [0.29, 0.717) is 13.1 Å². The smallest absolute Gasteiger partial charge is 0.326 e. The number of aliphatic carboxylic acids is 1. The van der Waals surface area contributed by atoms with E-state index in [4.69, 9.17) is 10.8 Å². The minimum absolute atomic E-state index is 0.000925. The molecule has 19 heavy (non-hydrogen) atoms. The van der Waals surface area contributed by atoms with E-state index in [1.165, 1.54) is 0 Å². The fourth-order valence-electron chi connectivity index (χ4n) is 1.87. The van der Waals surface area contributed by atoms with Crippen LogP contribution in [0.1, 0.15) is 26.2 Å². The van der Waals surface area contributed by atoms with Crippen LogP contribution >= 0.6 is 0 Å². The highest BCUT2D eigenvalue weighted by Crippen LogP contribution is 2.09. The summed E-state index contributed by atoms with van der Waals surface area (Å²) >= 11 is 0. The van der Waals surface area contributed by atoms with Gasteiger partial charge in [-0.1, -0.05) is 11.6 Å². The predicted octanol–water partition coefficient (Wildman–Crippen LogP) is 0.0667. The van der Waals surface area contributed by atoms with Crippen LogP contribution < -0.4 is 11.1 Å². The van der Waals surface area contributed by atoms with E-state index in [1.807, 2.05) is 13.0 Å². The van der Waals surface area contributed by atoms with Crippen molar-refractivity contribution >= 4 is 17.9 Å². The van der Waals surface area contributed by atoms with Crippen molar-refractivity contribution in [3.63, 3.8) is 0 Å². The maximum Gasteiger partial charge on any atom is 0.326 e. The number of primary amides is 1. The number of urea groups is 1. The second kappa shape index (κ2) is 6.77. The number of amides is 3. The molecule has 0 unspecified atom stereocenters. The van der Waals surface area contributed by atoms with Gasteiger partial charge in [-0.25, -0.2) is 9.59 Å². The molecular formula is C12H19N3O4. The minimum atomic E-state index is -1.17. The average molecular weight is 269 g/mol. The molecule has 106 valence electrons. The summed E-state index contributed by atoms with van der Waals surface area (Å²) in [5.41, 5.74) is 6.04. The number of carbonyl (C=O) groups excluding carboxylic acids is 2. The second-order valence-corrected chi connectivity index (χ2v) is 4.61. The third-order valence-electron chi connectivity index (χ3n) is 2.89. The first-order chi connectivity index (χ1) is 8.90. The highest BCUT2D eigenvalue weighted by atomic mass is 16.4. The van der Waals surface area contributed by atoms with Gasteiger partial charge >= 0.3 is 12.0 Å². The third-order valence-corrected chi connectivity index (χ3v) is 2.89. The molecule has 7 nitrogen and oxygen atoms in total. The van der Waals surface area contributed by atoms with Crippen molar-refractivity contribution in [2.75, 3.05) is 13.1 Å². The molecule has 0 aromatic carbocycles.